The first-order valence-electron chi connectivity index (χ1n) is 7.24. The Balaban J connectivity index is 1.55. The summed E-state index contributed by atoms with van der Waals surface area (Å²) in [6, 6.07) is 5.95. The molecular weight excluding hydrogens is 284 g/mol. The van der Waals surface area contributed by atoms with Crippen LogP contribution in [0.5, 0.6) is 0 Å². The maximum Gasteiger partial charge on any atom is 0.0534 e. The van der Waals surface area contributed by atoms with Gasteiger partial charge in [0.1, 0.15) is 0 Å². The molecule has 2 aromatic heterocycles. The molecule has 0 saturated carbocycles. The highest BCUT2D eigenvalue weighted by Crippen LogP contribution is 2.22. The predicted molar refractivity (Wildman–Crippen MR) is 86.6 cm³/mol. The highest BCUT2D eigenvalue weighted by atomic mass is 35.5. The quantitative estimate of drug-likeness (QED) is 0.686. The van der Waals surface area contributed by atoms with Gasteiger partial charge in [0.05, 0.1) is 6.20 Å². The fourth-order valence-electron chi connectivity index (χ4n) is 2.48. The molecule has 4 nitrogen and oxygen atoms in total. The van der Waals surface area contributed by atoms with Gasteiger partial charge < -0.3 is 10.3 Å². The number of halogens is 1. The number of benzene rings is 1. The molecule has 2 heterocycles. The van der Waals surface area contributed by atoms with Crippen molar-refractivity contribution in [2.45, 2.75) is 26.4 Å². The summed E-state index contributed by atoms with van der Waals surface area (Å²) in [6.45, 7) is 4.78. The second kappa shape index (κ2) is 6.33. The Labute approximate surface area is 129 Å². The number of aromatic amines is 1. The Bertz CT molecular complexity index is 729. The molecule has 0 atom stereocenters. The van der Waals surface area contributed by atoms with Gasteiger partial charge in [-0.1, -0.05) is 11.6 Å². The summed E-state index contributed by atoms with van der Waals surface area (Å²) in [5.74, 6) is 0. The van der Waals surface area contributed by atoms with Gasteiger partial charge in [-0.05, 0) is 43.7 Å². The Morgan fingerprint density at radius 2 is 2.29 bits per heavy atom. The molecule has 0 aliphatic carbocycles. The number of aromatic nitrogens is 3. The topological polar surface area (TPSA) is 45.6 Å². The molecular formula is C16H19ClN4. The zero-order valence-electron chi connectivity index (χ0n) is 12.1. The van der Waals surface area contributed by atoms with E-state index in [0.717, 1.165) is 36.6 Å². The fraction of sp³-hybridized carbons (Fsp3) is 0.312. The molecule has 0 bridgehead atoms. The van der Waals surface area contributed by atoms with E-state index in [1.807, 2.05) is 29.1 Å². The zero-order chi connectivity index (χ0) is 14.7. The number of fused-ring (bicyclic) bond motifs is 1. The minimum Gasteiger partial charge on any atom is -0.361 e. The molecule has 3 rings (SSSR count). The van der Waals surface area contributed by atoms with Crippen LogP contribution < -0.4 is 5.32 Å². The van der Waals surface area contributed by atoms with Gasteiger partial charge >= 0.3 is 0 Å². The second-order valence-electron chi connectivity index (χ2n) is 5.13. The number of nitrogens with one attached hydrogen (secondary N) is 2. The molecule has 2 N–H and O–H groups in total. The predicted octanol–water partition coefficient (Wildman–Crippen LogP) is 3.37. The molecule has 3 aromatic rings. The van der Waals surface area contributed by atoms with Crippen molar-refractivity contribution in [3.05, 3.63) is 52.9 Å². The standard InChI is InChI=1S/C16H19ClN4/c1-2-21-11-12(9-20-21)8-18-6-5-13-10-19-16-4-3-14(17)7-15(13)16/h3-4,7,9-11,18-19H,2,5-6,8H2,1H3. The van der Waals surface area contributed by atoms with Crippen molar-refractivity contribution in [2.75, 3.05) is 6.54 Å². The minimum atomic E-state index is 0.781. The SMILES string of the molecule is CCn1cc(CNCCc2c[nH]c3ccc(Cl)cc23)cn1. The van der Waals surface area contributed by atoms with Crippen molar-refractivity contribution >= 4 is 22.5 Å². The number of hydrogen-bond donors (Lipinski definition) is 2. The number of rotatable bonds is 6. The van der Waals surface area contributed by atoms with Crippen LogP contribution in [0, 0.1) is 0 Å². The van der Waals surface area contributed by atoms with E-state index < -0.39 is 0 Å². The van der Waals surface area contributed by atoms with E-state index in [1.54, 1.807) is 0 Å². The van der Waals surface area contributed by atoms with Crippen molar-refractivity contribution in [1.82, 2.24) is 20.1 Å². The molecule has 0 unspecified atom stereocenters. The Hall–Kier alpha value is -1.78. The summed E-state index contributed by atoms with van der Waals surface area (Å²) >= 11 is 6.07. The summed E-state index contributed by atoms with van der Waals surface area (Å²) in [5, 5.41) is 9.72. The molecule has 0 fully saturated rings. The van der Waals surface area contributed by atoms with Crippen molar-refractivity contribution in [2.24, 2.45) is 0 Å². The Kier molecular flexibility index (Phi) is 4.27. The smallest absolute Gasteiger partial charge is 0.0534 e. The second-order valence-corrected chi connectivity index (χ2v) is 5.57. The van der Waals surface area contributed by atoms with Crippen LogP contribution >= 0.6 is 11.6 Å². The highest BCUT2D eigenvalue weighted by Gasteiger charge is 2.04. The lowest BCUT2D eigenvalue weighted by Crippen LogP contribution is -2.16. The van der Waals surface area contributed by atoms with Gasteiger partial charge in [0.2, 0.25) is 0 Å². The summed E-state index contributed by atoms with van der Waals surface area (Å²) in [7, 11) is 0. The molecule has 0 radical (unpaired) electrons. The van der Waals surface area contributed by atoms with Crippen LogP contribution in [0.15, 0.2) is 36.8 Å². The maximum atomic E-state index is 6.07. The van der Waals surface area contributed by atoms with Crippen molar-refractivity contribution in [1.29, 1.82) is 0 Å². The van der Waals surface area contributed by atoms with Crippen molar-refractivity contribution in [3.63, 3.8) is 0 Å². The largest absolute Gasteiger partial charge is 0.361 e. The number of hydrogen-bond acceptors (Lipinski definition) is 2. The molecule has 0 amide bonds. The summed E-state index contributed by atoms with van der Waals surface area (Å²) in [5.41, 5.74) is 3.65. The summed E-state index contributed by atoms with van der Waals surface area (Å²) in [4.78, 5) is 3.29. The van der Waals surface area contributed by atoms with Crippen molar-refractivity contribution in [3.8, 4) is 0 Å². The van der Waals surface area contributed by atoms with E-state index in [2.05, 4.69) is 34.7 Å². The number of H-pyrrole nitrogens is 1. The van der Waals surface area contributed by atoms with E-state index in [9.17, 15) is 0 Å². The highest BCUT2D eigenvalue weighted by molar-refractivity contribution is 6.31. The van der Waals surface area contributed by atoms with Crippen LogP contribution in [-0.2, 0) is 19.5 Å². The monoisotopic (exact) mass is 302 g/mol. The van der Waals surface area contributed by atoms with E-state index in [0.29, 0.717) is 0 Å². The van der Waals surface area contributed by atoms with Crippen LogP contribution in [0.2, 0.25) is 5.02 Å². The maximum absolute atomic E-state index is 6.07. The van der Waals surface area contributed by atoms with Gasteiger partial charge in [-0.3, -0.25) is 4.68 Å². The molecule has 0 aliphatic rings. The van der Waals surface area contributed by atoms with Gasteiger partial charge in [0.25, 0.3) is 0 Å². The van der Waals surface area contributed by atoms with E-state index in [1.165, 1.54) is 16.5 Å². The first-order chi connectivity index (χ1) is 10.3. The van der Waals surface area contributed by atoms with Crippen LogP contribution in [0.3, 0.4) is 0 Å². The van der Waals surface area contributed by atoms with Crippen LogP contribution in [0.1, 0.15) is 18.1 Å². The number of nitrogens with zero attached hydrogens (tertiary/aromatic N) is 2. The summed E-state index contributed by atoms with van der Waals surface area (Å²) < 4.78 is 1.94. The van der Waals surface area contributed by atoms with Crippen LogP contribution in [-0.4, -0.2) is 21.3 Å². The van der Waals surface area contributed by atoms with Gasteiger partial charge in [-0.2, -0.15) is 5.10 Å². The lowest BCUT2D eigenvalue weighted by molar-refractivity contribution is 0.655. The normalized spacial score (nSPS) is 11.3. The molecule has 21 heavy (non-hydrogen) atoms. The van der Waals surface area contributed by atoms with Gasteiger partial charge in [-0.25, -0.2) is 0 Å². The average Bonchev–Trinajstić information content (AvgIpc) is 3.10. The fourth-order valence-corrected chi connectivity index (χ4v) is 2.66. The third-order valence-corrected chi connectivity index (χ3v) is 3.88. The molecule has 1 aromatic carbocycles. The Morgan fingerprint density at radius 1 is 1.38 bits per heavy atom. The molecule has 110 valence electrons. The lowest BCUT2D eigenvalue weighted by atomic mass is 10.1. The van der Waals surface area contributed by atoms with E-state index >= 15 is 0 Å². The van der Waals surface area contributed by atoms with Crippen LogP contribution in [0.25, 0.3) is 10.9 Å². The van der Waals surface area contributed by atoms with Crippen molar-refractivity contribution < 1.29 is 0 Å². The summed E-state index contributed by atoms with van der Waals surface area (Å²) in [6.07, 6.45) is 7.04. The zero-order valence-corrected chi connectivity index (χ0v) is 12.8. The third-order valence-electron chi connectivity index (χ3n) is 3.64. The first kappa shape index (κ1) is 14.2. The molecule has 0 saturated heterocycles. The van der Waals surface area contributed by atoms with Crippen LogP contribution in [0.4, 0.5) is 0 Å². The first-order valence-corrected chi connectivity index (χ1v) is 7.61. The van der Waals surface area contributed by atoms with E-state index in [-0.39, 0.29) is 0 Å². The molecule has 5 heteroatoms. The molecule has 0 spiro atoms. The van der Waals surface area contributed by atoms with Gasteiger partial charge in [0.15, 0.2) is 0 Å². The Morgan fingerprint density at radius 3 is 3.10 bits per heavy atom. The molecule has 0 aliphatic heterocycles. The minimum absolute atomic E-state index is 0.781. The lowest BCUT2D eigenvalue weighted by Gasteiger charge is -2.03. The van der Waals surface area contributed by atoms with Gasteiger partial charge in [-0.15, -0.1) is 0 Å². The van der Waals surface area contributed by atoms with Gasteiger partial charge in [0, 0.05) is 47.0 Å². The number of aryl methyl sites for hydroxylation is 1. The average molecular weight is 303 g/mol. The van der Waals surface area contributed by atoms with E-state index in [4.69, 9.17) is 11.6 Å². The third kappa shape index (κ3) is 3.28.